The molecule has 0 spiro atoms. The number of aromatic nitrogens is 3. The predicted octanol–water partition coefficient (Wildman–Crippen LogP) is 2.76. The third kappa shape index (κ3) is 2.78. The van der Waals surface area contributed by atoms with E-state index in [1.807, 2.05) is 48.1 Å². The van der Waals surface area contributed by atoms with Crippen molar-refractivity contribution in [1.29, 1.82) is 0 Å². The van der Waals surface area contributed by atoms with E-state index in [1.54, 1.807) is 9.58 Å². The van der Waals surface area contributed by atoms with Crippen LogP contribution in [-0.4, -0.2) is 31.9 Å². The summed E-state index contributed by atoms with van der Waals surface area (Å²) in [5, 5.41) is 5.41. The van der Waals surface area contributed by atoms with Crippen molar-refractivity contribution in [3.05, 3.63) is 63.6 Å². The number of amides is 1. The van der Waals surface area contributed by atoms with E-state index < -0.39 is 0 Å². The summed E-state index contributed by atoms with van der Waals surface area (Å²) in [6.45, 7) is 1.06. The predicted molar refractivity (Wildman–Crippen MR) is 104 cm³/mol. The number of benzene rings is 1. The van der Waals surface area contributed by atoms with Gasteiger partial charge in [0.25, 0.3) is 5.56 Å². The van der Waals surface area contributed by atoms with Gasteiger partial charge in [-0.15, -0.1) is 0 Å². The van der Waals surface area contributed by atoms with Crippen molar-refractivity contribution in [2.45, 2.75) is 38.5 Å². The summed E-state index contributed by atoms with van der Waals surface area (Å²) >= 11 is 0. The maximum Gasteiger partial charge on any atom is 0.410 e. The number of rotatable bonds is 3. The molecule has 5 rings (SSSR count). The van der Waals surface area contributed by atoms with E-state index in [1.165, 1.54) is 0 Å². The number of carbonyl (C=O) groups is 1. The van der Waals surface area contributed by atoms with Gasteiger partial charge in [-0.25, -0.2) is 4.79 Å². The minimum absolute atomic E-state index is 0.00848. The Labute approximate surface area is 162 Å². The number of aryl methyl sites for hydroxylation is 1. The summed E-state index contributed by atoms with van der Waals surface area (Å²) in [4.78, 5) is 27.5. The molecule has 2 aliphatic rings. The molecule has 3 aromatic rings. The van der Waals surface area contributed by atoms with Gasteiger partial charge in [-0.1, -0.05) is 30.3 Å². The first-order valence-corrected chi connectivity index (χ1v) is 9.67. The van der Waals surface area contributed by atoms with Crippen molar-refractivity contribution >= 4 is 17.1 Å². The SMILES string of the molecule is Cn1ncc2c3c(c(=O)n(C4CC4)c21)CN(C(=O)OCc1ccccc1)CC3. The van der Waals surface area contributed by atoms with Crippen LogP contribution in [-0.2, 0) is 31.4 Å². The molecule has 3 heterocycles. The Balaban J connectivity index is 1.44. The molecule has 1 aromatic carbocycles. The molecule has 1 fully saturated rings. The summed E-state index contributed by atoms with van der Waals surface area (Å²) in [7, 11) is 1.88. The van der Waals surface area contributed by atoms with Crippen LogP contribution >= 0.6 is 0 Å². The zero-order chi connectivity index (χ0) is 19.3. The number of ether oxygens (including phenoxy) is 1. The van der Waals surface area contributed by atoms with Crippen molar-refractivity contribution in [1.82, 2.24) is 19.2 Å². The largest absolute Gasteiger partial charge is 0.445 e. The van der Waals surface area contributed by atoms with E-state index in [2.05, 4.69) is 5.10 Å². The van der Waals surface area contributed by atoms with Gasteiger partial charge in [0.05, 0.1) is 12.7 Å². The molecule has 1 aliphatic heterocycles. The van der Waals surface area contributed by atoms with Gasteiger partial charge in [-0.05, 0) is 30.4 Å². The first kappa shape index (κ1) is 17.0. The highest BCUT2D eigenvalue weighted by Gasteiger charge is 2.33. The molecular formula is C21H22N4O3. The van der Waals surface area contributed by atoms with E-state index in [4.69, 9.17) is 4.74 Å². The minimum atomic E-state index is -0.377. The van der Waals surface area contributed by atoms with Crippen molar-refractivity contribution in [2.24, 2.45) is 7.05 Å². The van der Waals surface area contributed by atoms with Gasteiger partial charge >= 0.3 is 6.09 Å². The average molecular weight is 378 g/mol. The first-order valence-electron chi connectivity index (χ1n) is 9.67. The fourth-order valence-electron chi connectivity index (χ4n) is 4.07. The fourth-order valence-corrected chi connectivity index (χ4v) is 4.07. The molecule has 1 aliphatic carbocycles. The Bertz CT molecular complexity index is 1110. The zero-order valence-electron chi connectivity index (χ0n) is 15.8. The summed E-state index contributed by atoms with van der Waals surface area (Å²) in [5.41, 5.74) is 3.58. The molecular weight excluding hydrogens is 356 g/mol. The third-order valence-corrected chi connectivity index (χ3v) is 5.66. The second-order valence-corrected chi connectivity index (χ2v) is 7.58. The second-order valence-electron chi connectivity index (χ2n) is 7.58. The average Bonchev–Trinajstić information content (AvgIpc) is 3.49. The van der Waals surface area contributed by atoms with Crippen LogP contribution in [0.15, 0.2) is 41.3 Å². The Hall–Kier alpha value is -3.09. The van der Waals surface area contributed by atoms with Gasteiger partial charge < -0.3 is 9.64 Å². The Morgan fingerprint density at radius 2 is 2.00 bits per heavy atom. The quantitative estimate of drug-likeness (QED) is 0.703. The van der Waals surface area contributed by atoms with Crippen molar-refractivity contribution < 1.29 is 9.53 Å². The van der Waals surface area contributed by atoms with Crippen LogP contribution in [0.3, 0.4) is 0 Å². The summed E-state index contributed by atoms with van der Waals surface area (Å²) in [5.74, 6) is 0. The lowest BCUT2D eigenvalue weighted by molar-refractivity contribution is 0.0917. The number of hydrogen-bond donors (Lipinski definition) is 0. The molecule has 7 heteroatoms. The zero-order valence-corrected chi connectivity index (χ0v) is 15.8. The molecule has 0 atom stereocenters. The van der Waals surface area contributed by atoms with E-state index in [9.17, 15) is 9.59 Å². The highest BCUT2D eigenvalue weighted by atomic mass is 16.6. The Morgan fingerprint density at radius 3 is 2.75 bits per heavy atom. The van der Waals surface area contributed by atoms with Gasteiger partial charge in [0.1, 0.15) is 12.3 Å². The molecule has 0 radical (unpaired) electrons. The number of hydrogen-bond acceptors (Lipinski definition) is 4. The monoisotopic (exact) mass is 378 g/mol. The van der Waals surface area contributed by atoms with Crippen LogP contribution in [0.5, 0.6) is 0 Å². The van der Waals surface area contributed by atoms with Crippen molar-refractivity contribution in [3.63, 3.8) is 0 Å². The maximum atomic E-state index is 13.2. The number of carbonyl (C=O) groups excluding carboxylic acids is 1. The molecule has 0 unspecified atom stereocenters. The maximum absolute atomic E-state index is 13.2. The molecule has 7 nitrogen and oxygen atoms in total. The molecule has 0 N–H and O–H groups in total. The van der Waals surface area contributed by atoms with Crippen LogP contribution in [0, 0.1) is 0 Å². The lowest BCUT2D eigenvalue weighted by atomic mass is 9.98. The summed E-state index contributed by atoms with van der Waals surface area (Å²) in [6.07, 6.45) is 4.14. The topological polar surface area (TPSA) is 69.4 Å². The van der Waals surface area contributed by atoms with Gasteiger partial charge in [0.2, 0.25) is 0 Å². The Kier molecular flexibility index (Phi) is 3.96. The van der Waals surface area contributed by atoms with Gasteiger partial charge in [0, 0.05) is 30.6 Å². The molecule has 144 valence electrons. The molecule has 1 saturated carbocycles. The second kappa shape index (κ2) is 6.51. The smallest absolute Gasteiger partial charge is 0.410 e. The number of nitrogens with zero attached hydrogens (tertiary/aromatic N) is 4. The van der Waals surface area contributed by atoms with Gasteiger partial charge in [-0.3, -0.25) is 14.0 Å². The highest BCUT2D eigenvalue weighted by molar-refractivity contribution is 5.81. The van der Waals surface area contributed by atoms with Crippen LogP contribution in [0.2, 0.25) is 0 Å². The highest BCUT2D eigenvalue weighted by Crippen LogP contribution is 2.37. The van der Waals surface area contributed by atoms with Gasteiger partial charge in [-0.2, -0.15) is 5.10 Å². The number of fused-ring (bicyclic) bond motifs is 3. The fraction of sp³-hybridized carbons (Fsp3) is 0.381. The molecule has 1 amide bonds. The molecule has 28 heavy (non-hydrogen) atoms. The molecule has 2 aromatic heterocycles. The standard InChI is InChI=1S/C21H22N4O3/c1-23-19-17(11-22-23)16-9-10-24(12-18(16)20(26)25(19)15-7-8-15)21(27)28-13-14-5-3-2-4-6-14/h2-6,11,15H,7-10,12-13H2,1H3. The van der Waals surface area contributed by atoms with Crippen molar-refractivity contribution in [2.75, 3.05) is 6.54 Å². The number of pyridine rings is 1. The van der Waals surface area contributed by atoms with Crippen LogP contribution < -0.4 is 5.56 Å². The van der Waals surface area contributed by atoms with E-state index in [0.717, 1.165) is 35.0 Å². The normalized spacial score (nSPS) is 16.2. The first-order chi connectivity index (χ1) is 13.6. The van der Waals surface area contributed by atoms with E-state index in [-0.39, 0.29) is 24.3 Å². The molecule has 0 bridgehead atoms. The molecule has 0 saturated heterocycles. The van der Waals surface area contributed by atoms with Crippen LogP contribution in [0.25, 0.3) is 11.0 Å². The lowest BCUT2D eigenvalue weighted by Crippen LogP contribution is -2.40. The summed E-state index contributed by atoms with van der Waals surface area (Å²) in [6, 6.07) is 9.85. The third-order valence-electron chi connectivity index (χ3n) is 5.66. The van der Waals surface area contributed by atoms with Crippen LogP contribution in [0.4, 0.5) is 4.79 Å². The Morgan fingerprint density at radius 1 is 1.21 bits per heavy atom. The van der Waals surface area contributed by atoms with Crippen molar-refractivity contribution in [3.8, 4) is 0 Å². The minimum Gasteiger partial charge on any atom is -0.445 e. The summed E-state index contributed by atoms with van der Waals surface area (Å²) < 4.78 is 9.13. The van der Waals surface area contributed by atoms with E-state index >= 15 is 0 Å². The van der Waals surface area contributed by atoms with E-state index in [0.29, 0.717) is 25.1 Å². The van der Waals surface area contributed by atoms with Crippen LogP contribution in [0.1, 0.15) is 35.6 Å². The van der Waals surface area contributed by atoms with Gasteiger partial charge in [0.15, 0.2) is 0 Å². The lowest BCUT2D eigenvalue weighted by Gasteiger charge is -2.29.